The predicted octanol–water partition coefficient (Wildman–Crippen LogP) is 3.83. The summed E-state index contributed by atoms with van der Waals surface area (Å²) in [5.41, 5.74) is 2.52. The van der Waals surface area contributed by atoms with Crippen molar-refractivity contribution in [2.24, 2.45) is 0 Å². The number of halogens is 1. The van der Waals surface area contributed by atoms with Gasteiger partial charge >= 0.3 is 5.63 Å². The van der Waals surface area contributed by atoms with Gasteiger partial charge in [-0.25, -0.2) is 14.3 Å². The van der Waals surface area contributed by atoms with Gasteiger partial charge in [0.05, 0.1) is 23.6 Å². The maximum Gasteiger partial charge on any atom is 0.349 e. The van der Waals surface area contributed by atoms with Crippen LogP contribution in [0.1, 0.15) is 11.5 Å². The molecule has 4 rings (SSSR count). The molecule has 3 heterocycles. The van der Waals surface area contributed by atoms with E-state index in [0.717, 1.165) is 11.1 Å². The molecule has 0 fully saturated rings. The Kier molecular flexibility index (Phi) is 4.62. The summed E-state index contributed by atoms with van der Waals surface area (Å²) >= 11 is 6.01. The van der Waals surface area contributed by atoms with Crippen molar-refractivity contribution in [3.8, 4) is 28.1 Å². The van der Waals surface area contributed by atoms with Gasteiger partial charge in [-0.15, -0.1) is 0 Å². The van der Waals surface area contributed by atoms with Crippen LogP contribution < -0.4 is 5.63 Å². The van der Waals surface area contributed by atoms with Crippen LogP contribution in [0.15, 0.2) is 51.8 Å². The van der Waals surface area contributed by atoms with Gasteiger partial charge in [-0.2, -0.15) is 5.10 Å². The molecule has 3 aromatic heterocycles. The Morgan fingerprint density at radius 3 is 2.64 bits per heavy atom. The van der Waals surface area contributed by atoms with Crippen molar-refractivity contribution in [3.63, 3.8) is 0 Å². The second-order valence-corrected chi connectivity index (χ2v) is 6.67. The molecule has 8 heteroatoms. The van der Waals surface area contributed by atoms with E-state index in [1.54, 1.807) is 38.4 Å². The second-order valence-electron chi connectivity index (χ2n) is 6.23. The number of aromatic hydroxyl groups is 1. The molecule has 1 aromatic carbocycles. The fourth-order valence-electron chi connectivity index (χ4n) is 3.16. The van der Waals surface area contributed by atoms with Gasteiger partial charge in [0.25, 0.3) is 0 Å². The minimum Gasteiger partial charge on any atom is -0.507 e. The van der Waals surface area contributed by atoms with Crippen molar-refractivity contribution in [3.05, 3.63) is 69.5 Å². The molecule has 0 unspecified atom stereocenters. The Hall–Kier alpha value is -3.16. The van der Waals surface area contributed by atoms with Crippen LogP contribution in [0.25, 0.3) is 28.0 Å². The minimum absolute atomic E-state index is 0.0205. The third kappa shape index (κ3) is 3.04. The Morgan fingerprint density at radius 1 is 1.21 bits per heavy atom. The van der Waals surface area contributed by atoms with E-state index in [1.165, 1.54) is 10.6 Å². The molecule has 0 amide bonds. The first-order valence-corrected chi connectivity index (χ1v) is 8.83. The Bertz CT molecular complexity index is 1230. The summed E-state index contributed by atoms with van der Waals surface area (Å²) in [4.78, 5) is 16.8. The largest absolute Gasteiger partial charge is 0.507 e. The van der Waals surface area contributed by atoms with E-state index in [2.05, 4.69) is 10.1 Å². The number of fused-ring (bicyclic) bond motifs is 1. The van der Waals surface area contributed by atoms with Crippen LogP contribution in [0.3, 0.4) is 0 Å². The van der Waals surface area contributed by atoms with E-state index < -0.39 is 5.63 Å². The van der Waals surface area contributed by atoms with Gasteiger partial charge in [-0.05, 0) is 30.7 Å². The molecule has 0 aliphatic heterocycles. The van der Waals surface area contributed by atoms with Gasteiger partial charge in [0.15, 0.2) is 5.65 Å². The SMILES string of the molecule is COCc1nn2c(-c3c(O)cc(C)oc3=O)ccnc2c1-c1ccc(Cl)cc1. The predicted molar refractivity (Wildman–Crippen MR) is 105 cm³/mol. The van der Waals surface area contributed by atoms with Crippen LogP contribution in [0.5, 0.6) is 5.75 Å². The van der Waals surface area contributed by atoms with Crippen LogP contribution in [-0.4, -0.2) is 26.8 Å². The highest BCUT2D eigenvalue weighted by molar-refractivity contribution is 6.30. The molecule has 7 nitrogen and oxygen atoms in total. The molecule has 142 valence electrons. The van der Waals surface area contributed by atoms with Crippen LogP contribution in [0, 0.1) is 6.92 Å². The molecule has 0 radical (unpaired) electrons. The van der Waals surface area contributed by atoms with E-state index in [9.17, 15) is 9.90 Å². The molecular formula is C20H16ClN3O4. The van der Waals surface area contributed by atoms with E-state index in [-0.39, 0.29) is 17.9 Å². The molecule has 0 saturated carbocycles. The van der Waals surface area contributed by atoms with Gasteiger partial charge in [0.1, 0.15) is 17.1 Å². The topological polar surface area (TPSA) is 89.9 Å². The van der Waals surface area contributed by atoms with Crippen molar-refractivity contribution in [2.45, 2.75) is 13.5 Å². The smallest absolute Gasteiger partial charge is 0.349 e. The highest BCUT2D eigenvalue weighted by Gasteiger charge is 2.21. The normalized spacial score (nSPS) is 11.2. The van der Waals surface area contributed by atoms with Crippen molar-refractivity contribution in [1.29, 1.82) is 0 Å². The van der Waals surface area contributed by atoms with E-state index in [1.807, 2.05) is 12.1 Å². The second kappa shape index (κ2) is 7.10. The van der Waals surface area contributed by atoms with Gasteiger partial charge in [0, 0.05) is 24.4 Å². The first-order valence-electron chi connectivity index (χ1n) is 8.45. The number of aryl methyl sites for hydroxylation is 1. The molecular weight excluding hydrogens is 382 g/mol. The number of methoxy groups -OCH3 is 1. The zero-order chi connectivity index (χ0) is 19.8. The summed E-state index contributed by atoms with van der Waals surface area (Å²) in [7, 11) is 1.57. The lowest BCUT2D eigenvalue weighted by Gasteiger charge is -2.06. The maximum absolute atomic E-state index is 12.4. The van der Waals surface area contributed by atoms with Gasteiger partial charge in [0.2, 0.25) is 0 Å². The van der Waals surface area contributed by atoms with Crippen LogP contribution in [0.2, 0.25) is 5.02 Å². The molecule has 0 aliphatic rings. The van der Waals surface area contributed by atoms with Crippen LogP contribution in [0.4, 0.5) is 0 Å². The lowest BCUT2D eigenvalue weighted by Crippen LogP contribution is -2.08. The van der Waals surface area contributed by atoms with Crippen molar-refractivity contribution in [2.75, 3.05) is 7.11 Å². The lowest BCUT2D eigenvalue weighted by molar-refractivity contribution is 0.181. The summed E-state index contributed by atoms with van der Waals surface area (Å²) in [6.07, 6.45) is 1.56. The van der Waals surface area contributed by atoms with Gasteiger partial charge in [-0.3, -0.25) is 0 Å². The fraction of sp³-hybridized carbons (Fsp3) is 0.150. The summed E-state index contributed by atoms with van der Waals surface area (Å²) in [6.45, 7) is 1.84. The average molecular weight is 398 g/mol. The highest BCUT2D eigenvalue weighted by Crippen LogP contribution is 2.33. The van der Waals surface area contributed by atoms with Crippen LogP contribution >= 0.6 is 11.6 Å². The standard InChI is InChI=1S/C20H16ClN3O4/c1-11-9-16(25)18(20(26)28-11)15-7-8-22-19-17(12-3-5-13(21)6-4-12)14(10-27-2)23-24(15)19/h3-9,25H,10H2,1-2H3. The first-order chi connectivity index (χ1) is 13.5. The van der Waals surface area contributed by atoms with Gasteiger partial charge < -0.3 is 14.3 Å². The fourth-order valence-corrected chi connectivity index (χ4v) is 3.29. The number of hydrogen-bond donors (Lipinski definition) is 1. The van der Waals surface area contributed by atoms with E-state index in [0.29, 0.717) is 27.8 Å². The van der Waals surface area contributed by atoms with Crippen LogP contribution in [-0.2, 0) is 11.3 Å². The lowest BCUT2D eigenvalue weighted by atomic mass is 10.1. The van der Waals surface area contributed by atoms with E-state index in [4.69, 9.17) is 20.8 Å². The molecule has 4 aromatic rings. The molecule has 0 saturated heterocycles. The number of rotatable bonds is 4. The average Bonchev–Trinajstić information content (AvgIpc) is 3.01. The number of hydrogen-bond acceptors (Lipinski definition) is 6. The molecule has 0 atom stereocenters. The monoisotopic (exact) mass is 397 g/mol. The first kappa shape index (κ1) is 18.2. The molecule has 1 N–H and O–H groups in total. The number of benzene rings is 1. The summed E-state index contributed by atoms with van der Waals surface area (Å²) in [5, 5.41) is 15.6. The van der Waals surface area contributed by atoms with Gasteiger partial charge in [-0.1, -0.05) is 23.7 Å². The zero-order valence-electron chi connectivity index (χ0n) is 15.1. The number of aromatic nitrogens is 3. The quantitative estimate of drug-likeness (QED) is 0.563. The van der Waals surface area contributed by atoms with E-state index >= 15 is 0 Å². The third-order valence-electron chi connectivity index (χ3n) is 4.31. The highest BCUT2D eigenvalue weighted by atomic mass is 35.5. The minimum atomic E-state index is -0.651. The Balaban J connectivity index is 2.04. The Morgan fingerprint density at radius 2 is 1.96 bits per heavy atom. The molecule has 0 spiro atoms. The number of nitrogens with zero attached hydrogens (tertiary/aromatic N) is 3. The zero-order valence-corrected chi connectivity index (χ0v) is 15.9. The van der Waals surface area contributed by atoms with Crippen molar-refractivity contribution >= 4 is 17.2 Å². The summed E-state index contributed by atoms with van der Waals surface area (Å²) in [6, 6.07) is 10.3. The Labute approximate surface area is 164 Å². The third-order valence-corrected chi connectivity index (χ3v) is 4.57. The maximum atomic E-state index is 12.4. The molecule has 0 bridgehead atoms. The number of ether oxygens (including phenoxy) is 1. The van der Waals surface area contributed by atoms with Crippen molar-refractivity contribution in [1.82, 2.24) is 14.6 Å². The molecule has 28 heavy (non-hydrogen) atoms. The van der Waals surface area contributed by atoms with Crippen molar-refractivity contribution < 1.29 is 14.3 Å². The summed E-state index contributed by atoms with van der Waals surface area (Å²) < 4.78 is 12.0. The molecule has 0 aliphatic carbocycles. The summed E-state index contributed by atoms with van der Waals surface area (Å²) in [5.74, 6) is 0.136.